The molecule has 120 valence electrons. The summed E-state index contributed by atoms with van der Waals surface area (Å²) in [6.07, 6.45) is 1.45. The van der Waals surface area contributed by atoms with E-state index in [1.807, 2.05) is 0 Å². The molecule has 0 saturated heterocycles. The second kappa shape index (κ2) is 6.22. The first-order valence-electron chi connectivity index (χ1n) is 6.72. The third kappa shape index (κ3) is 3.48. The van der Waals surface area contributed by atoms with Crippen LogP contribution in [0.4, 0.5) is 9.59 Å². The number of hydrogen-bond donors (Lipinski definition) is 3. The number of hydrazone groups is 2. The predicted molar refractivity (Wildman–Crippen MR) is 80.2 cm³/mol. The van der Waals surface area contributed by atoms with Crippen molar-refractivity contribution in [3.63, 3.8) is 0 Å². The predicted octanol–water partition coefficient (Wildman–Crippen LogP) is 0.364. The number of benzene rings is 1. The monoisotopic (exact) mass is 318 g/mol. The Labute approximate surface area is 131 Å². The maximum Gasteiger partial charge on any atom is 0.356 e. The molecule has 0 radical (unpaired) electrons. The average Bonchev–Trinajstić information content (AvgIpc) is 2.98. The summed E-state index contributed by atoms with van der Waals surface area (Å²) in [6, 6.07) is 4.10. The van der Waals surface area contributed by atoms with E-state index in [-0.39, 0.29) is 13.3 Å². The van der Waals surface area contributed by atoms with Crippen molar-refractivity contribution in [2.75, 3.05) is 13.3 Å². The van der Waals surface area contributed by atoms with Crippen molar-refractivity contribution in [3.05, 3.63) is 23.8 Å². The summed E-state index contributed by atoms with van der Waals surface area (Å²) in [5.41, 5.74) is 8.28. The van der Waals surface area contributed by atoms with E-state index in [0.29, 0.717) is 17.2 Å². The fourth-order valence-corrected chi connectivity index (χ4v) is 1.94. The van der Waals surface area contributed by atoms with Crippen LogP contribution in [0.2, 0.25) is 0 Å². The third-order valence-electron chi connectivity index (χ3n) is 2.99. The maximum absolute atomic E-state index is 11.7. The van der Waals surface area contributed by atoms with Gasteiger partial charge in [0.1, 0.15) is 0 Å². The number of hydrazine groups is 1. The minimum atomic E-state index is -0.646. The van der Waals surface area contributed by atoms with Gasteiger partial charge in [-0.15, -0.1) is 0 Å². The molecular formula is C13H14N6O4. The number of hydrogen-bond acceptors (Lipinski definition) is 6. The fraction of sp³-hybridized carbons (Fsp3) is 0.231. The van der Waals surface area contributed by atoms with Gasteiger partial charge in [0.05, 0.1) is 18.5 Å². The van der Waals surface area contributed by atoms with Crippen molar-refractivity contribution in [2.24, 2.45) is 10.2 Å². The van der Waals surface area contributed by atoms with Crippen LogP contribution in [0, 0.1) is 0 Å². The summed E-state index contributed by atoms with van der Waals surface area (Å²) < 4.78 is 10.4. The van der Waals surface area contributed by atoms with Crippen LogP contribution < -0.4 is 25.8 Å². The summed E-state index contributed by atoms with van der Waals surface area (Å²) >= 11 is 0. The van der Waals surface area contributed by atoms with Gasteiger partial charge in [0, 0.05) is 0 Å². The van der Waals surface area contributed by atoms with Gasteiger partial charge in [0.2, 0.25) is 6.79 Å². The molecule has 4 amide bonds. The Bertz CT molecular complexity index is 702. The van der Waals surface area contributed by atoms with Crippen LogP contribution in [-0.4, -0.2) is 42.3 Å². The number of nitrogens with zero attached hydrogens (tertiary/aromatic N) is 3. The van der Waals surface area contributed by atoms with Crippen molar-refractivity contribution < 1.29 is 19.1 Å². The number of urea groups is 2. The van der Waals surface area contributed by atoms with E-state index in [0.717, 1.165) is 10.6 Å². The highest BCUT2D eigenvalue weighted by Gasteiger charge is 2.20. The first-order chi connectivity index (χ1) is 11.1. The quantitative estimate of drug-likeness (QED) is 0.551. The largest absolute Gasteiger partial charge is 0.454 e. The van der Waals surface area contributed by atoms with Gasteiger partial charge in [-0.2, -0.15) is 10.2 Å². The summed E-state index contributed by atoms with van der Waals surface area (Å²) in [5, 5.41) is 8.65. The highest BCUT2D eigenvalue weighted by atomic mass is 16.7. The van der Waals surface area contributed by atoms with E-state index in [1.165, 1.54) is 6.21 Å². The lowest BCUT2D eigenvalue weighted by Gasteiger charge is -2.25. The molecular weight excluding hydrogens is 304 g/mol. The minimum absolute atomic E-state index is 0.192. The summed E-state index contributed by atoms with van der Waals surface area (Å²) in [4.78, 5) is 23.2. The molecule has 1 aromatic rings. The molecule has 2 aliphatic rings. The molecule has 3 rings (SSSR count). The van der Waals surface area contributed by atoms with E-state index in [2.05, 4.69) is 26.5 Å². The standard InChI is InChI=1S/C13H14N6O4/c1-8-6-19(13(21)17-15-8)18-12(20)16-14-5-9-2-3-10-11(4-9)23-7-22-10/h2-5H,6-7H2,1H3,(H,17,21)(H2,16,18,20)/b14-5+. The maximum atomic E-state index is 11.7. The Morgan fingerprint density at radius 2 is 2.26 bits per heavy atom. The molecule has 1 aromatic carbocycles. The second-order valence-corrected chi connectivity index (χ2v) is 4.77. The summed E-state index contributed by atoms with van der Waals surface area (Å²) in [7, 11) is 0. The van der Waals surface area contributed by atoms with Gasteiger partial charge >= 0.3 is 12.1 Å². The Kier molecular flexibility index (Phi) is 3.95. The van der Waals surface area contributed by atoms with Crippen molar-refractivity contribution in [3.8, 4) is 11.5 Å². The van der Waals surface area contributed by atoms with E-state index >= 15 is 0 Å². The van der Waals surface area contributed by atoms with Crippen LogP contribution in [0.5, 0.6) is 11.5 Å². The first-order valence-corrected chi connectivity index (χ1v) is 6.72. The number of ether oxygens (including phenoxy) is 2. The molecule has 0 unspecified atom stereocenters. The van der Waals surface area contributed by atoms with Crippen LogP contribution in [0.25, 0.3) is 0 Å². The zero-order chi connectivity index (χ0) is 16.2. The molecule has 3 N–H and O–H groups in total. The number of carbonyl (C=O) groups is 2. The lowest BCUT2D eigenvalue weighted by atomic mass is 10.2. The normalized spacial score (nSPS) is 16.1. The van der Waals surface area contributed by atoms with Crippen LogP contribution >= 0.6 is 0 Å². The van der Waals surface area contributed by atoms with E-state index in [9.17, 15) is 9.59 Å². The molecule has 23 heavy (non-hydrogen) atoms. The number of amides is 4. The zero-order valence-corrected chi connectivity index (χ0v) is 12.2. The molecule has 10 nitrogen and oxygen atoms in total. The van der Waals surface area contributed by atoms with Crippen LogP contribution in [-0.2, 0) is 0 Å². The summed E-state index contributed by atoms with van der Waals surface area (Å²) in [6.45, 7) is 2.12. The first kappa shape index (κ1) is 14.6. The van der Waals surface area contributed by atoms with Crippen molar-refractivity contribution in [1.82, 2.24) is 21.3 Å². The SMILES string of the molecule is CC1=NNC(=O)N(NC(=O)N/N=C/c2ccc3c(c2)OCO3)C1. The Balaban J connectivity index is 1.52. The van der Waals surface area contributed by atoms with Gasteiger partial charge in [0.15, 0.2) is 11.5 Å². The van der Waals surface area contributed by atoms with Crippen LogP contribution in [0.15, 0.2) is 28.4 Å². The molecule has 0 atom stereocenters. The number of carbonyl (C=O) groups excluding carboxylic acids is 2. The van der Waals surface area contributed by atoms with Gasteiger partial charge in [-0.1, -0.05) is 0 Å². The fourth-order valence-electron chi connectivity index (χ4n) is 1.94. The molecule has 0 fully saturated rings. The van der Waals surface area contributed by atoms with Crippen molar-refractivity contribution >= 4 is 24.0 Å². The van der Waals surface area contributed by atoms with Gasteiger partial charge < -0.3 is 9.47 Å². The molecule has 0 spiro atoms. The smallest absolute Gasteiger partial charge is 0.356 e. The van der Waals surface area contributed by atoms with Gasteiger partial charge in [-0.3, -0.25) is 0 Å². The average molecular weight is 318 g/mol. The molecule has 2 aliphatic heterocycles. The minimum Gasteiger partial charge on any atom is -0.454 e. The van der Waals surface area contributed by atoms with E-state index < -0.39 is 12.1 Å². The Morgan fingerprint density at radius 1 is 1.43 bits per heavy atom. The molecule has 10 heteroatoms. The molecule has 2 heterocycles. The third-order valence-corrected chi connectivity index (χ3v) is 2.99. The van der Waals surface area contributed by atoms with Crippen molar-refractivity contribution in [2.45, 2.75) is 6.92 Å². The van der Waals surface area contributed by atoms with Crippen molar-refractivity contribution in [1.29, 1.82) is 0 Å². The van der Waals surface area contributed by atoms with Gasteiger partial charge in [-0.05, 0) is 30.7 Å². The molecule has 0 aliphatic carbocycles. The summed E-state index contributed by atoms with van der Waals surface area (Å²) in [5.74, 6) is 1.29. The number of rotatable bonds is 3. The lowest BCUT2D eigenvalue weighted by molar-refractivity contribution is 0.173. The topological polar surface area (TPSA) is 117 Å². The van der Waals surface area contributed by atoms with E-state index in [4.69, 9.17) is 9.47 Å². The Hall–Kier alpha value is -3.30. The van der Waals surface area contributed by atoms with E-state index in [1.54, 1.807) is 25.1 Å². The zero-order valence-electron chi connectivity index (χ0n) is 12.2. The number of fused-ring (bicyclic) bond motifs is 1. The second-order valence-electron chi connectivity index (χ2n) is 4.77. The van der Waals surface area contributed by atoms with Gasteiger partial charge in [0.25, 0.3) is 0 Å². The Morgan fingerprint density at radius 3 is 3.13 bits per heavy atom. The van der Waals surface area contributed by atoms with Gasteiger partial charge in [-0.25, -0.2) is 30.9 Å². The number of nitrogens with one attached hydrogen (secondary N) is 3. The highest BCUT2D eigenvalue weighted by molar-refractivity contribution is 5.92. The molecule has 0 aromatic heterocycles. The highest BCUT2D eigenvalue weighted by Crippen LogP contribution is 2.31. The lowest BCUT2D eigenvalue weighted by Crippen LogP contribution is -2.55. The van der Waals surface area contributed by atoms with Crippen LogP contribution in [0.3, 0.4) is 0 Å². The van der Waals surface area contributed by atoms with Crippen LogP contribution in [0.1, 0.15) is 12.5 Å². The molecule has 0 saturated carbocycles. The molecule has 0 bridgehead atoms.